The molecule has 0 aliphatic carbocycles. The van der Waals surface area contributed by atoms with Crippen LogP contribution in [0.25, 0.3) is 6.08 Å². The second-order valence-corrected chi connectivity index (χ2v) is 3.75. The first-order valence-electron chi connectivity index (χ1n) is 5.79. The predicted octanol–water partition coefficient (Wildman–Crippen LogP) is 2.67. The average molecular weight is 241 g/mol. The van der Waals surface area contributed by atoms with Crippen LogP contribution in [0.5, 0.6) is 5.88 Å². The molecule has 1 aromatic carbocycles. The quantitative estimate of drug-likeness (QED) is 0.875. The molecule has 0 saturated heterocycles. The number of hydrogen-bond acceptors (Lipinski definition) is 3. The van der Waals surface area contributed by atoms with Gasteiger partial charge >= 0.3 is 0 Å². The van der Waals surface area contributed by atoms with Crippen molar-refractivity contribution in [1.82, 2.24) is 4.98 Å². The lowest BCUT2D eigenvalue weighted by molar-refractivity contribution is 0.266. The van der Waals surface area contributed by atoms with E-state index in [4.69, 9.17) is 9.84 Å². The third-order valence-electron chi connectivity index (χ3n) is 2.45. The molecule has 0 aliphatic heterocycles. The fourth-order valence-electron chi connectivity index (χ4n) is 1.55. The summed E-state index contributed by atoms with van der Waals surface area (Å²) < 4.78 is 5.49. The Kier molecular flexibility index (Phi) is 4.50. The minimum Gasteiger partial charge on any atom is -0.473 e. The highest BCUT2D eigenvalue weighted by Gasteiger charge is 2.01. The van der Waals surface area contributed by atoms with Crippen molar-refractivity contribution in [3.05, 3.63) is 65.9 Å². The van der Waals surface area contributed by atoms with Crippen molar-refractivity contribution in [2.75, 3.05) is 6.61 Å². The van der Waals surface area contributed by atoms with E-state index in [2.05, 4.69) is 4.98 Å². The Balaban J connectivity index is 1.91. The molecule has 1 N–H and O–H groups in total. The van der Waals surface area contributed by atoms with Gasteiger partial charge in [-0.25, -0.2) is 4.98 Å². The van der Waals surface area contributed by atoms with Gasteiger partial charge in [0.1, 0.15) is 6.61 Å². The van der Waals surface area contributed by atoms with Crippen LogP contribution in [0.4, 0.5) is 0 Å². The van der Waals surface area contributed by atoms with E-state index in [0.29, 0.717) is 18.1 Å². The van der Waals surface area contributed by atoms with Crippen molar-refractivity contribution < 1.29 is 9.84 Å². The minimum absolute atomic E-state index is 0.0639. The normalized spacial score (nSPS) is 10.7. The number of aliphatic hydroxyl groups is 1. The van der Waals surface area contributed by atoms with E-state index in [1.54, 1.807) is 18.3 Å². The molecule has 2 aromatic rings. The molecule has 3 nitrogen and oxygen atoms in total. The molecular weight excluding hydrogens is 226 g/mol. The highest BCUT2D eigenvalue weighted by atomic mass is 16.5. The second kappa shape index (κ2) is 6.57. The van der Waals surface area contributed by atoms with Gasteiger partial charge in [-0.2, -0.15) is 0 Å². The first-order chi connectivity index (χ1) is 8.90. The maximum Gasteiger partial charge on any atom is 0.219 e. The van der Waals surface area contributed by atoms with Crippen LogP contribution in [0, 0.1) is 0 Å². The first-order valence-corrected chi connectivity index (χ1v) is 5.79. The van der Waals surface area contributed by atoms with E-state index < -0.39 is 0 Å². The molecule has 0 radical (unpaired) electrons. The van der Waals surface area contributed by atoms with E-state index >= 15 is 0 Å². The van der Waals surface area contributed by atoms with Crippen LogP contribution in [0.2, 0.25) is 0 Å². The highest BCUT2D eigenvalue weighted by Crippen LogP contribution is 2.13. The Labute approximate surface area is 106 Å². The summed E-state index contributed by atoms with van der Waals surface area (Å²) in [6.07, 6.45) is 5.56. The monoisotopic (exact) mass is 241 g/mol. The maximum absolute atomic E-state index is 9.11. The molecule has 0 spiro atoms. The van der Waals surface area contributed by atoms with Crippen molar-refractivity contribution in [3.8, 4) is 5.88 Å². The molecule has 18 heavy (non-hydrogen) atoms. The molecule has 1 aromatic heterocycles. The number of nitrogens with zero attached hydrogens (tertiary/aromatic N) is 1. The van der Waals surface area contributed by atoms with E-state index in [1.807, 2.05) is 42.5 Å². The van der Waals surface area contributed by atoms with Gasteiger partial charge in [0, 0.05) is 11.8 Å². The number of rotatable bonds is 5. The van der Waals surface area contributed by atoms with E-state index in [-0.39, 0.29) is 6.61 Å². The number of hydrogen-bond donors (Lipinski definition) is 1. The van der Waals surface area contributed by atoms with Crippen LogP contribution >= 0.6 is 0 Å². The van der Waals surface area contributed by atoms with Crippen molar-refractivity contribution in [2.24, 2.45) is 0 Å². The number of aliphatic hydroxyl groups excluding tert-OH is 1. The van der Waals surface area contributed by atoms with Gasteiger partial charge in [-0.3, -0.25) is 0 Å². The molecule has 2 rings (SSSR count). The van der Waals surface area contributed by atoms with Gasteiger partial charge in [0.15, 0.2) is 0 Å². The predicted molar refractivity (Wildman–Crippen MR) is 71.1 cm³/mol. The maximum atomic E-state index is 9.11. The Morgan fingerprint density at radius 2 is 1.94 bits per heavy atom. The lowest BCUT2D eigenvalue weighted by Crippen LogP contribution is -1.99. The summed E-state index contributed by atoms with van der Waals surface area (Å²) in [7, 11) is 0. The highest BCUT2D eigenvalue weighted by molar-refractivity contribution is 5.48. The van der Waals surface area contributed by atoms with Crippen LogP contribution < -0.4 is 4.74 Å². The lowest BCUT2D eigenvalue weighted by atomic mass is 10.2. The van der Waals surface area contributed by atoms with Crippen LogP contribution in [0.15, 0.2) is 54.7 Å². The molecule has 0 amide bonds. The van der Waals surface area contributed by atoms with E-state index in [0.717, 1.165) is 5.56 Å². The lowest BCUT2D eigenvalue weighted by Gasteiger charge is -2.05. The molecular formula is C15H15NO2. The van der Waals surface area contributed by atoms with Gasteiger partial charge in [-0.05, 0) is 23.8 Å². The third-order valence-corrected chi connectivity index (χ3v) is 2.45. The second-order valence-electron chi connectivity index (χ2n) is 3.75. The van der Waals surface area contributed by atoms with E-state index in [9.17, 15) is 0 Å². The Morgan fingerprint density at radius 3 is 2.72 bits per heavy atom. The fourth-order valence-corrected chi connectivity index (χ4v) is 1.55. The zero-order chi connectivity index (χ0) is 12.6. The summed E-state index contributed by atoms with van der Waals surface area (Å²) in [5.74, 6) is 0.484. The summed E-state index contributed by atoms with van der Waals surface area (Å²) in [5.41, 5.74) is 1.83. The van der Waals surface area contributed by atoms with Crippen LogP contribution in [0.3, 0.4) is 0 Å². The number of benzene rings is 1. The molecule has 1 heterocycles. The zero-order valence-electron chi connectivity index (χ0n) is 9.99. The van der Waals surface area contributed by atoms with Crippen molar-refractivity contribution in [3.63, 3.8) is 0 Å². The van der Waals surface area contributed by atoms with Crippen molar-refractivity contribution in [1.29, 1.82) is 0 Å². The third kappa shape index (κ3) is 3.43. The standard InChI is InChI=1S/C15H15NO2/c17-12-14-9-4-10-16-15(14)18-11-5-8-13-6-2-1-3-7-13/h1-10,17H,11-12H2. The van der Waals surface area contributed by atoms with Gasteiger partial charge in [-0.1, -0.05) is 36.4 Å². The first kappa shape index (κ1) is 12.3. The Bertz CT molecular complexity index is 509. The van der Waals surface area contributed by atoms with Crippen LogP contribution in [-0.2, 0) is 6.61 Å². The zero-order valence-corrected chi connectivity index (χ0v) is 9.99. The molecule has 0 bridgehead atoms. The van der Waals surface area contributed by atoms with Gasteiger partial charge in [0.05, 0.1) is 6.61 Å². The largest absolute Gasteiger partial charge is 0.473 e. The van der Waals surface area contributed by atoms with Gasteiger partial charge < -0.3 is 9.84 Å². The minimum atomic E-state index is -0.0639. The van der Waals surface area contributed by atoms with Crippen LogP contribution in [0.1, 0.15) is 11.1 Å². The topological polar surface area (TPSA) is 42.4 Å². The van der Waals surface area contributed by atoms with Crippen molar-refractivity contribution >= 4 is 6.08 Å². The molecule has 0 atom stereocenters. The summed E-state index contributed by atoms with van der Waals surface area (Å²) in [6.45, 7) is 0.366. The Hall–Kier alpha value is -2.13. The molecule has 0 saturated carbocycles. The molecule has 0 fully saturated rings. The smallest absolute Gasteiger partial charge is 0.219 e. The van der Waals surface area contributed by atoms with Crippen molar-refractivity contribution in [2.45, 2.75) is 6.61 Å². The van der Waals surface area contributed by atoms with Crippen LogP contribution in [-0.4, -0.2) is 16.7 Å². The summed E-state index contributed by atoms with van der Waals surface area (Å²) in [5, 5.41) is 9.11. The number of ether oxygens (including phenoxy) is 1. The average Bonchev–Trinajstić information content (AvgIpc) is 2.45. The van der Waals surface area contributed by atoms with Gasteiger partial charge in [-0.15, -0.1) is 0 Å². The molecule has 0 unspecified atom stereocenters. The Morgan fingerprint density at radius 1 is 1.11 bits per heavy atom. The fraction of sp³-hybridized carbons (Fsp3) is 0.133. The molecule has 3 heteroatoms. The summed E-state index contributed by atoms with van der Waals surface area (Å²) in [4.78, 5) is 4.08. The molecule has 0 aliphatic rings. The number of pyridine rings is 1. The van der Waals surface area contributed by atoms with E-state index in [1.165, 1.54) is 0 Å². The number of aromatic nitrogens is 1. The molecule has 92 valence electrons. The summed E-state index contributed by atoms with van der Waals surface area (Å²) in [6, 6.07) is 13.6. The summed E-state index contributed by atoms with van der Waals surface area (Å²) >= 11 is 0. The van der Waals surface area contributed by atoms with Gasteiger partial charge in [0.25, 0.3) is 0 Å². The SMILES string of the molecule is OCc1cccnc1OCC=Cc1ccccc1. The van der Waals surface area contributed by atoms with Gasteiger partial charge in [0.2, 0.25) is 5.88 Å².